The molecule has 0 aliphatic rings. The molecule has 2 aromatic carbocycles. The molecule has 0 aromatic heterocycles. The number of rotatable bonds is 7. The van der Waals surface area contributed by atoms with Crippen molar-refractivity contribution in [3.8, 4) is 0 Å². The van der Waals surface area contributed by atoms with Crippen LogP contribution in [0.5, 0.6) is 0 Å². The highest BCUT2D eigenvalue weighted by Crippen LogP contribution is 2.21. The predicted octanol–water partition coefficient (Wildman–Crippen LogP) is 5.09. The van der Waals surface area contributed by atoms with Gasteiger partial charge in [0.05, 0.1) is 0 Å². The topological polar surface area (TPSA) is 49.4 Å². The SMILES string of the molecule is CCC(=O)N(Cc1ccc(Cl)cc1)[C@H](C)C(=O)NCc1ccc(Cl)cc1Cl. The van der Waals surface area contributed by atoms with Gasteiger partial charge in [-0.1, -0.05) is 59.9 Å². The first-order chi connectivity index (χ1) is 12.8. The van der Waals surface area contributed by atoms with Crippen LogP contribution < -0.4 is 5.32 Å². The number of nitrogens with one attached hydrogen (secondary N) is 1. The summed E-state index contributed by atoms with van der Waals surface area (Å²) in [5.74, 6) is -0.353. The maximum absolute atomic E-state index is 12.6. The molecule has 7 heteroatoms. The second-order valence-electron chi connectivity index (χ2n) is 6.13. The Kier molecular flexibility index (Phi) is 7.96. The van der Waals surface area contributed by atoms with E-state index in [0.29, 0.717) is 28.0 Å². The standard InChI is InChI=1S/C20H21Cl3N2O2/c1-3-19(26)25(12-14-4-7-16(21)8-5-14)13(2)20(27)24-11-15-6-9-17(22)10-18(15)23/h4-10,13H,3,11-12H2,1-2H3,(H,24,27)/t13-/m1/s1. The van der Waals surface area contributed by atoms with E-state index in [1.807, 2.05) is 12.1 Å². The van der Waals surface area contributed by atoms with Crippen molar-refractivity contribution in [1.29, 1.82) is 0 Å². The second-order valence-corrected chi connectivity index (χ2v) is 7.41. The molecule has 0 radical (unpaired) electrons. The Labute approximate surface area is 174 Å². The maximum atomic E-state index is 12.6. The van der Waals surface area contributed by atoms with Crippen molar-refractivity contribution in [1.82, 2.24) is 10.2 Å². The summed E-state index contributed by atoms with van der Waals surface area (Å²) in [6, 6.07) is 11.7. The number of amides is 2. The van der Waals surface area contributed by atoms with Gasteiger partial charge >= 0.3 is 0 Å². The van der Waals surface area contributed by atoms with Gasteiger partial charge in [0.25, 0.3) is 0 Å². The third kappa shape index (κ3) is 6.13. The van der Waals surface area contributed by atoms with Crippen LogP contribution in [0.3, 0.4) is 0 Å². The average Bonchev–Trinajstić information content (AvgIpc) is 2.65. The molecule has 1 atom stereocenters. The number of hydrogen-bond donors (Lipinski definition) is 1. The molecule has 0 saturated carbocycles. The summed E-state index contributed by atoms with van der Waals surface area (Å²) in [6.07, 6.45) is 0.314. The molecule has 0 unspecified atom stereocenters. The highest BCUT2D eigenvalue weighted by Gasteiger charge is 2.25. The van der Waals surface area contributed by atoms with Gasteiger partial charge in [-0.25, -0.2) is 0 Å². The van der Waals surface area contributed by atoms with Crippen LogP contribution in [0.15, 0.2) is 42.5 Å². The Bertz CT molecular complexity index is 809. The smallest absolute Gasteiger partial charge is 0.242 e. The highest BCUT2D eigenvalue weighted by atomic mass is 35.5. The molecule has 0 saturated heterocycles. The third-order valence-electron chi connectivity index (χ3n) is 4.20. The molecular weight excluding hydrogens is 407 g/mol. The lowest BCUT2D eigenvalue weighted by Gasteiger charge is -2.28. The monoisotopic (exact) mass is 426 g/mol. The van der Waals surface area contributed by atoms with Crippen molar-refractivity contribution in [2.45, 2.75) is 39.4 Å². The molecule has 2 rings (SSSR count). The van der Waals surface area contributed by atoms with Crippen molar-refractivity contribution >= 4 is 46.6 Å². The third-order valence-corrected chi connectivity index (χ3v) is 5.04. The van der Waals surface area contributed by atoms with Crippen LogP contribution in [-0.4, -0.2) is 22.8 Å². The summed E-state index contributed by atoms with van der Waals surface area (Å²) in [6.45, 7) is 4.08. The van der Waals surface area contributed by atoms with E-state index in [0.717, 1.165) is 11.1 Å². The van der Waals surface area contributed by atoms with E-state index >= 15 is 0 Å². The van der Waals surface area contributed by atoms with Gasteiger partial charge in [0.2, 0.25) is 11.8 Å². The Hall–Kier alpha value is -1.75. The molecule has 2 amide bonds. The minimum Gasteiger partial charge on any atom is -0.350 e. The summed E-state index contributed by atoms with van der Waals surface area (Å²) in [4.78, 5) is 26.5. The number of halogens is 3. The molecule has 0 aliphatic carbocycles. The lowest BCUT2D eigenvalue weighted by molar-refractivity contribution is -0.140. The molecule has 2 aromatic rings. The van der Waals surface area contributed by atoms with Crippen LogP contribution in [0, 0.1) is 0 Å². The van der Waals surface area contributed by atoms with Crippen LogP contribution in [0.4, 0.5) is 0 Å². The van der Waals surface area contributed by atoms with E-state index in [2.05, 4.69) is 5.32 Å². The molecule has 4 nitrogen and oxygen atoms in total. The van der Waals surface area contributed by atoms with Crippen LogP contribution in [0.25, 0.3) is 0 Å². The molecule has 0 bridgehead atoms. The first kappa shape index (κ1) is 21.5. The summed E-state index contributed by atoms with van der Waals surface area (Å²) in [7, 11) is 0. The molecule has 1 N–H and O–H groups in total. The van der Waals surface area contributed by atoms with Gasteiger partial charge in [0.15, 0.2) is 0 Å². The van der Waals surface area contributed by atoms with Crippen molar-refractivity contribution < 1.29 is 9.59 Å². The minimum atomic E-state index is -0.626. The quantitative estimate of drug-likeness (QED) is 0.669. The van der Waals surface area contributed by atoms with Crippen LogP contribution >= 0.6 is 34.8 Å². The maximum Gasteiger partial charge on any atom is 0.242 e. The fourth-order valence-electron chi connectivity index (χ4n) is 2.57. The highest BCUT2D eigenvalue weighted by molar-refractivity contribution is 6.35. The van der Waals surface area contributed by atoms with E-state index in [9.17, 15) is 9.59 Å². The number of carbonyl (C=O) groups is 2. The molecule has 0 spiro atoms. The molecule has 0 heterocycles. The lowest BCUT2D eigenvalue weighted by Crippen LogP contribution is -2.47. The van der Waals surface area contributed by atoms with E-state index < -0.39 is 6.04 Å². The van der Waals surface area contributed by atoms with Gasteiger partial charge < -0.3 is 10.2 Å². The molecule has 0 fully saturated rings. The first-order valence-electron chi connectivity index (χ1n) is 8.57. The van der Waals surface area contributed by atoms with Gasteiger partial charge in [-0.15, -0.1) is 0 Å². The second kappa shape index (κ2) is 9.98. The average molecular weight is 428 g/mol. The van der Waals surface area contributed by atoms with Gasteiger partial charge in [-0.3, -0.25) is 9.59 Å². The van der Waals surface area contributed by atoms with Gasteiger partial charge in [-0.05, 0) is 42.3 Å². The van der Waals surface area contributed by atoms with E-state index in [1.54, 1.807) is 49.1 Å². The number of benzene rings is 2. The number of nitrogens with zero attached hydrogens (tertiary/aromatic N) is 1. The van der Waals surface area contributed by atoms with Crippen LogP contribution in [0.2, 0.25) is 15.1 Å². The Morgan fingerprint density at radius 2 is 1.67 bits per heavy atom. The van der Waals surface area contributed by atoms with Crippen molar-refractivity contribution in [3.05, 3.63) is 68.7 Å². The zero-order valence-corrected chi connectivity index (χ0v) is 17.4. The summed E-state index contributed by atoms with van der Waals surface area (Å²) in [5.41, 5.74) is 1.66. The van der Waals surface area contributed by atoms with Crippen molar-refractivity contribution in [2.24, 2.45) is 0 Å². The summed E-state index contributed by atoms with van der Waals surface area (Å²) in [5, 5.41) is 4.47. The largest absolute Gasteiger partial charge is 0.350 e. The minimum absolute atomic E-state index is 0.0999. The van der Waals surface area contributed by atoms with E-state index in [1.165, 1.54) is 0 Å². The van der Waals surface area contributed by atoms with Crippen molar-refractivity contribution in [3.63, 3.8) is 0 Å². The molecule has 0 aliphatic heterocycles. The predicted molar refractivity (Wildman–Crippen MR) is 110 cm³/mol. The first-order valence-corrected chi connectivity index (χ1v) is 9.70. The normalized spacial score (nSPS) is 11.7. The Morgan fingerprint density at radius 3 is 2.26 bits per heavy atom. The van der Waals surface area contributed by atoms with Gasteiger partial charge in [0, 0.05) is 34.6 Å². The van der Waals surface area contributed by atoms with Gasteiger partial charge in [-0.2, -0.15) is 0 Å². The zero-order valence-electron chi connectivity index (χ0n) is 15.1. The van der Waals surface area contributed by atoms with Gasteiger partial charge in [0.1, 0.15) is 6.04 Å². The molecule has 27 heavy (non-hydrogen) atoms. The Balaban J connectivity index is 2.06. The fraction of sp³-hybridized carbons (Fsp3) is 0.300. The lowest BCUT2D eigenvalue weighted by atomic mass is 10.1. The van der Waals surface area contributed by atoms with Crippen molar-refractivity contribution in [2.75, 3.05) is 0 Å². The van der Waals surface area contributed by atoms with Crippen LogP contribution in [-0.2, 0) is 22.7 Å². The number of carbonyl (C=O) groups excluding carboxylic acids is 2. The zero-order chi connectivity index (χ0) is 20.0. The van der Waals surface area contributed by atoms with E-state index in [4.69, 9.17) is 34.8 Å². The van der Waals surface area contributed by atoms with Crippen LogP contribution in [0.1, 0.15) is 31.4 Å². The summed E-state index contributed by atoms with van der Waals surface area (Å²) >= 11 is 17.9. The number of hydrogen-bond acceptors (Lipinski definition) is 2. The molecule has 144 valence electrons. The Morgan fingerprint density at radius 1 is 1.04 bits per heavy atom. The fourth-order valence-corrected chi connectivity index (χ4v) is 3.17. The van der Waals surface area contributed by atoms with E-state index in [-0.39, 0.29) is 18.4 Å². The summed E-state index contributed by atoms with van der Waals surface area (Å²) < 4.78 is 0. The molecular formula is C20H21Cl3N2O2.